The minimum atomic E-state index is -4.92. The molecule has 1 aromatic rings. The molecule has 1 rings (SSSR count). The molecule has 0 aliphatic rings. The first kappa shape index (κ1) is 17.3. The van der Waals surface area contributed by atoms with Crippen LogP contribution in [-0.2, 0) is 24.5 Å². The summed E-state index contributed by atoms with van der Waals surface area (Å²) >= 11 is 0. The summed E-state index contributed by atoms with van der Waals surface area (Å²) in [5.74, 6) is 1.19. The monoisotopic (exact) mass is 253 g/mol. The van der Waals surface area contributed by atoms with Crippen LogP contribution in [0.3, 0.4) is 0 Å². The predicted octanol–water partition coefficient (Wildman–Crippen LogP) is -0.444. The van der Waals surface area contributed by atoms with Crippen molar-refractivity contribution in [1.82, 2.24) is 4.57 Å². The highest BCUT2D eigenvalue weighted by Gasteiger charge is 2.11. The van der Waals surface area contributed by atoms with Gasteiger partial charge in [0.25, 0.3) is 0 Å². The van der Waals surface area contributed by atoms with Gasteiger partial charge in [-0.05, 0) is 0 Å². The van der Waals surface area contributed by atoms with Crippen molar-refractivity contribution in [3.05, 3.63) is 12.4 Å². The summed E-state index contributed by atoms with van der Waals surface area (Å²) in [5.41, 5.74) is 0. The van der Waals surface area contributed by atoms with Crippen molar-refractivity contribution in [1.29, 1.82) is 0 Å². The van der Waals surface area contributed by atoms with Gasteiger partial charge in [-0.2, -0.15) is 0 Å². The molecule has 96 valence electrons. The van der Waals surface area contributed by atoms with Crippen molar-refractivity contribution in [2.24, 2.45) is 14.1 Å². The zero-order chi connectivity index (χ0) is 12.2. The minimum absolute atomic E-state index is 0. The highest BCUT2D eigenvalue weighted by atomic mass is 32.3. The first-order chi connectivity index (χ1) is 6.63. The smallest absolute Gasteiger partial charge is 0.358 e. The number of hydrogen-bond donors (Lipinski definition) is 1. The Bertz CT molecular complexity index is 383. The molecule has 0 atom stereocenters. The molecule has 16 heavy (non-hydrogen) atoms. The lowest BCUT2D eigenvalue weighted by molar-refractivity contribution is -0.657. The van der Waals surface area contributed by atoms with Crippen LogP contribution < -0.4 is 9.47 Å². The molecule has 0 radical (unpaired) electrons. The van der Waals surface area contributed by atoms with E-state index in [1.807, 2.05) is 40.6 Å². The maximum Gasteiger partial charge on any atom is 0.358 e. The van der Waals surface area contributed by atoms with Crippen LogP contribution in [0.25, 0.3) is 0 Å². The zero-order valence-electron chi connectivity index (χ0n) is 9.08. The van der Waals surface area contributed by atoms with Crippen molar-refractivity contribution < 1.29 is 22.1 Å². The van der Waals surface area contributed by atoms with E-state index < -0.39 is 10.4 Å². The summed E-state index contributed by atoms with van der Waals surface area (Å²) < 4.78 is 37.0. The summed E-state index contributed by atoms with van der Waals surface area (Å²) in [5, 5.41) is 0. The van der Waals surface area contributed by atoms with E-state index in [0.717, 1.165) is 0 Å². The number of aryl methyl sites for hydroxylation is 2. The van der Waals surface area contributed by atoms with Gasteiger partial charge in [0.05, 0.1) is 40.6 Å². The third-order valence-electron chi connectivity index (χ3n) is 1.54. The van der Waals surface area contributed by atoms with Gasteiger partial charge in [0, 0.05) is 0 Å². The van der Waals surface area contributed by atoms with E-state index in [0.29, 0.717) is 0 Å². The van der Waals surface area contributed by atoms with Gasteiger partial charge in [-0.15, -0.1) is 0 Å². The lowest BCUT2D eigenvalue weighted by atomic mass is 10.8. The minimum Gasteiger partial charge on any atom is -0.726 e. The summed E-state index contributed by atoms with van der Waals surface area (Å²) in [6.07, 6.45) is 4.07. The average molecular weight is 253 g/mol. The zero-order valence-corrected chi connectivity index (χ0v) is 9.89. The van der Waals surface area contributed by atoms with Gasteiger partial charge < -0.3 is 4.55 Å². The van der Waals surface area contributed by atoms with Crippen LogP contribution in [0.2, 0.25) is 0 Å². The van der Waals surface area contributed by atoms with Gasteiger partial charge in [-0.3, -0.25) is 9.45 Å². The van der Waals surface area contributed by atoms with Gasteiger partial charge in [0.1, 0.15) is 0 Å². The first-order valence-electron chi connectivity index (χ1n) is 3.99. The van der Waals surface area contributed by atoms with E-state index in [1.165, 1.54) is 5.95 Å². The van der Waals surface area contributed by atoms with Crippen molar-refractivity contribution >= 4 is 16.3 Å². The fourth-order valence-corrected chi connectivity index (χ4v) is 1.21. The summed E-state index contributed by atoms with van der Waals surface area (Å²) in [7, 11) is 3.23. The molecular weight excluding hydrogens is 234 g/mol. The summed E-state index contributed by atoms with van der Waals surface area (Å²) in [4.78, 5) is 2.08. The average Bonchev–Trinajstić information content (AvgIpc) is 2.26. The number of rotatable bonds is 1. The Labute approximate surface area is 96.5 Å². The molecule has 0 bridgehead atoms. The molecule has 0 spiro atoms. The van der Waals surface area contributed by atoms with Crippen LogP contribution >= 0.6 is 0 Å². The van der Waals surface area contributed by atoms with Crippen LogP contribution in [0.5, 0.6) is 0 Å². The first-order valence-corrected chi connectivity index (χ1v) is 5.36. The summed E-state index contributed by atoms with van der Waals surface area (Å²) in [6.45, 7) is 0. The van der Waals surface area contributed by atoms with Crippen LogP contribution in [0, 0.1) is 0 Å². The van der Waals surface area contributed by atoms with E-state index in [4.69, 9.17) is 17.5 Å². The fourth-order valence-electron chi connectivity index (χ4n) is 1.21. The molecule has 1 N–H and O–H groups in total. The quantitative estimate of drug-likeness (QED) is 0.416. The maximum absolute atomic E-state index is 8.63. The van der Waals surface area contributed by atoms with Gasteiger partial charge in [-0.1, -0.05) is 7.43 Å². The molecule has 0 aliphatic heterocycles. The maximum atomic E-state index is 8.63. The van der Waals surface area contributed by atoms with E-state index in [9.17, 15) is 0 Å². The Morgan fingerprint density at radius 2 is 1.88 bits per heavy atom. The van der Waals surface area contributed by atoms with E-state index in [2.05, 4.69) is 14.0 Å². The molecule has 0 saturated carbocycles. The van der Waals surface area contributed by atoms with E-state index in [-0.39, 0.29) is 7.43 Å². The molecule has 1 aromatic heterocycles. The molecule has 7 nitrogen and oxygen atoms in total. The number of imidazole rings is 1. The molecule has 0 fully saturated rings. The second-order valence-electron chi connectivity index (χ2n) is 3.14. The SMILES string of the molecule is C.CN(C)c1n(C)cc[n+]1C.O=S(=O)([O-])O. The van der Waals surface area contributed by atoms with Crippen LogP contribution in [0.1, 0.15) is 7.43 Å². The predicted molar refractivity (Wildman–Crippen MR) is 60.0 cm³/mol. The molecule has 0 unspecified atom stereocenters. The van der Waals surface area contributed by atoms with Crippen LogP contribution in [0.4, 0.5) is 5.95 Å². The molecule has 0 aromatic carbocycles. The highest BCUT2D eigenvalue weighted by Crippen LogP contribution is 2.00. The van der Waals surface area contributed by atoms with Gasteiger partial charge in [0.2, 0.25) is 10.4 Å². The highest BCUT2D eigenvalue weighted by molar-refractivity contribution is 7.79. The van der Waals surface area contributed by atoms with Crippen LogP contribution in [0.15, 0.2) is 12.4 Å². The standard InChI is InChI=1S/C7H14N3.CH4.H2O4S/c1-8(2)7-9(3)5-6-10(7)4;;1-5(2,3)4/h5-6H,1-4H3;1H4;(H2,1,2,3,4)/q+1;;/p-1. The van der Waals surface area contributed by atoms with Gasteiger partial charge in [-0.25, -0.2) is 17.6 Å². The molecule has 0 saturated heterocycles. The lowest BCUT2D eigenvalue weighted by Gasteiger charge is -2.05. The molecule has 8 heteroatoms. The molecular formula is C8H19N3O4S. The number of nitrogens with zero attached hydrogens (tertiary/aromatic N) is 3. The number of hydrogen-bond acceptors (Lipinski definition) is 4. The third kappa shape index (κ3) is 7.21. The van der Waals surface area contributed by atoms with Crippen molar-refractivity contribution in [2.45, 2.75) is 7.43 Å². The molecule has 0 aliphatic carbocycles. The van der Waals surface area contributed by atoms with Crippen molar-refractivity contribution in [3.63, 3.8) is 0 Å². The molecule has 0 amide bonds. The van der Waals surface area contributed by atoms with Gasteiger partial charge in [0.15, 0.2) is 0 Å². The topological polar surface area (TPSA) is 89.5 Å². The molecule has 1 heterocycles. The Kier molecular flexibility index (Phi) is 6.98. The second kappa shape index (κ2) is 6.46. The normalized spacial score (nSPS) is 9.88. The summed E-state index contributed by atoms with van der Waals surface area (Å²) in [6, 6.07) is 0. The Balaban J connectivity index is 0. The van der Waals surface area contributed by atoms with Gasteiger partial charge >= 0.3 is 5.95 Å². The lowest BCUT2D eigenvalue weighted by Crippen LogP contribution is -2.34. The Morgan fingerprint density at radius 1 is 1.50 bits per heavy atom. The fraction of sp³-hybridized carbons (Fsp3) is 0.625. The largest absolute Gasteiger partial charge is 0.726 e. The number of aromatic nitrogens is 2. The second-order valence-corrected chi connectivity index (χ2v) is 4.00. The Morgan fingerprint density at radius 3 is 2.00 bits per heavy atom. The van der Waals surface area contributed by atoms with Crippen molar-refractivity contribution in [2.75, 3.05) is 19.0 Å². The Hall–Kier alpha value is -1.12. The third-order valence-corrected chi connectivity index (χ3v) is 1.54. The van der Waals surface area contributed by atoms with Crippen LogP contribution in [-0.4, -0.2) is 36.2 Å². The van der Waals surface area contributed by atoms with Crippen molar-refractivity contribution in [3.8, 4) is 0 Å². The van der Waals surface area contributed by atoms with E-state index >= 15 is 0 Å². The number of anilines is 1. The van der Waals surface area contributed by atoms with E-state index in [1.54, 1.807) is 0 Å².